The number of nitrogens with one attached hydrogen (secondary N) is 1. The Balaban J connectivity index is 2.38. The van der Waals surface area contributed by atoms with Gasteiger partial charge in [-0.25, -0.2) is 8.78 Å². The number of aliphatic hydroxyl groups is 2. The lowest BCUT2D eigenvalue weighted by Crippen LogP contribution is -2.38. The summed E-state index contributed by atoms with van der Waals surface area (Å²) in [5.41, 5.74) is 0.00222. The topological polar surface area (TPSA) is 52.5 Å². The highest BCUT2D eigenvalue weighted by Crippen LogP contribution is 2.12. The number of rotatable bonds is 7. The van der Waals surface area contributed by atoms with Crippen LogP contribution in [0.3, 0.4) is 0 Å². The smallest absolute Gasteiger partial charge is 0.126 e. The highest BCUT2D eigenvalue weighted by Gasteiger charge is 2.21. The van der Waals surface area contributed by atoms with Gasteiger partial charge in [0, 0.05) is 18.0 Å². The zero-order chi connectivity index (χ0) is 13.6. The van der Waals surface area contributed by atoms with Crippen molar-refractivity contribution in [3.05, 3.63) is 35.4 Å². The van der Waals surface area contributed by atoms with Crippen molar-refractivity contribution in [2.75, 3.05) is 26.3 Å². The molecule has 0 aliphatic heterocycles. The van der Waals surface area contributed by atoms with Gasteiger partial charge in [0.2, 0.25) is 0 Å². The minimum atomic E-state index is -0.583. The molecule has 0 aliphatic carbocycles. The van der Waals surface area contributed by atoms with Crippen LogP contribution in [0.5, 0.6) is 0 Å². The standard InChI is InChI=1S/C13H19F2NO2/c1-13(8-17,9-18)7-16-3-2-10-4-11(14)6-12(15)5-10/h4-6,16-18H,2-3,7-9H2,1H3. The van der Waals surface area contributed by atoms with Crippen LogP contribution in [0.1, 0.15) is 12.5 Å². The van der Waals surface area contributed by atoms with Crippen molar-refractivity contribution in [1.82, 2.24) is 5.32 Å². The Morgan fingerprint density at radius 2 is 1.67 bits per heavy atom. The van der Waals surface area contributed by atoms with Gasteiger partial charge in [0.25, 0.3) is 0 Å². The van der Waals surface area contributed by atoms with Crippen molar-refractivity contribution in [1.29, 1.82) is 0 Å². The third-order valence-electron chi connectivity index (χ3n) is 2.83. The molecule has 3 N–H and O–H groups in total. The largest absolute Gasteiger partial charge is 0.396 e. The molecule has 0 spiro atoms. The van der Waals surface area contributed by atoms with E-state index in [4.69, 9.17) is 10.2 Å². The van der Waals surface area contributed by atoms with E-state index in [0.29, 0.717) is 25.1 Å². The van der Waals surface area contributed by atoms with Gasteiger partial charge in [-0.15, -0.1) is 0 Å². The molecule has 0 amide bonds. The summed E-state index contributed by atoms with van der Waals surface area (Å²) in [5, 5.41) is 21.2. The fraction of sp³-hybridized carbons (Fsp3) is 0.538. The van der Waals surface area contributed by atoms with Crippen molar-refractivity contribution in [2.45, 2.75) is 13.3 Å². The maximum Gasteiger partial charge on any atom is 0.126 e. The average Bonchev–Trinajstić information content (AvgIpc) is 2.33. The summed E-state index contributed by atoms with van der Waals surface area (Å²) in [5.74, 6) is -1.17. The van der Waals surface area contributed by atoms with Crippen molar-refractivity contribution in [3.8, 4) is 0 Å². The van der Waals surface area contributed by atoms with E-state index < -0.39 is 17.0 Å². The molecule has 1 aromatic rings. The Bertz CT molecular complexity index is 361. The third-order valence-corrected chi connectivity index (χ3v) is 2.83. The number of hydrogen-bond acceptors (Lipinski definition) is 3. The second-order valence-electron chi connectivity index (χ2n) is 4.83. The van der Waals surface area contributed by atoms with E-state index in [-0.39, 0.29) is 13.2 Å². The van der Waals surface area contributed by atoms with Crippen LogP contribution in [-0.2, 0) is 6.42 Å². The lowest BCUT2D eigenvalue weighted by molar-refractivity contribution is 0.0700. The molecular weight excluding hydrogens is 240 g/mol. The minimum Gasteiger partial charge on any atom is -0.396 e. The SMILES string of the molecule is CC(CO)(CO)CNCCc1cc(F)cc(F)c1. The van der Waals surface area contributed by atoms with Crippen molar-refractivity contribution < 1.29 is 19.0 Å². The molecule has 0 saturated heterocycles. The van der Waals surface area contributed by atoms with Gasteiger partial charge in [-0.2, -0.15) is 0 Å². The van der Waals surface area contributed by atoms with Crippen LogP contribution in [0, 0.1) is 17.0 Å². The molecule has 0 fully saturated rings. The summed E-state index contributed by atoms with van der Waals surface area (Å²) in [6, 6.07) is 3.43. The van der Waals surface area contributed by atoms with E-state index in [0.717, 1.165) is 6.07 Å². The predicted octanol–water partition coefficient (Wildman–Crippen LogP) is 1.09. The normalized spacial score (nSPS) is 11.8. The Kier molecular flexibility index (Phi) is 5.65. The Labute approximate surface area is 105 Å². The summed E-state index contributed by atoms with van der Waals surface area (Å²) in [6.45, 7) is 2.48. The molecule has 3 nitrogen and oxygen atoms in total. The van der Waals surface area contributed by atoms with Gasteiger partial charge in [-0.05, 0) is 30.7 Å². The van der Waals surface area contributed by atoms with Gasteiger partial charge < -0.3 is 15.5 Å². The van der Waals surface area contributed by atoms with Crippen molar-refractivity contribution in [2.24, 2.45) is 5.41 Å². The molecule has 0 bridgehead atoms. The van der Waals surface area contributed by atoms with Gasteiger partial charge >= 0.3 is 0 Å². The van der Waals surface area contributed by atoms with E-state index in [9.17, 15) is 8.78 Å². The predicted molar refractivity (Wildman–Crippen MR) is 65.2 cm³/mol. The summed E-state index contributed by atoms with van der Waals surface area (Å²) < 4.78 is 25.8. The second kappa shape index (κ2) is 6.78. The van der Waals surface area contributed by atoms with Crippen LogP contribution in [0.15, 0.2) is 18.2 Å². The maximum atomic E-state index is 12.9. The van der Waals surface area contributed by atoms with Crippen LogP contribution < -0.4 is 5.32 Å². The van der Waals surface area contributed by atoms with Crippen LogP contribution in [-0.4, -0.2) is 36.5 Å². The number of hydrogen-bond donors (Lipinski definition) is 3. The molecule has 0 atom stereocenters. The van der Waals surface area contributed by atoms with Gasteiger partial charge in [0.1, 0.15) is 11.6 Å². The highest BCUT2D eigenvalue weighted by molar-refractivity contribution is 5.18. The van der Waals surface area contributed by atoms with Gasteiger partial charge in [0.15, 0.2) is 0 Å². The van der Waals surface area contributed by atoms with E-state index in [1.165, 1.54) is 12.1 Å². The molecule has 0 aliphatic rings. The quantitative estimate of drug-likeness (QED) is 0.642. The number of halogens is 2. The van der Waals surface area contributed by atoms with Crippen molar-refractivity contribution in [3.63, 3.8) is 0 Å². The monoisotopic (exact) mass is 259 g/mol. The zero-order valence-corrected chi connectivity index (χ0v) is 10.4. The first kappa shape index (κ1) is 15.0. The lowest BCUT2D eigenvalue weighted by Gasteiger charge is -2.24. The van der Waals surface area contributed by atoms with Crippen molar-refractivity contribution >= 4 is 0 Å². The zero-order valence-electron chi connectivity index (χ0n) is 10.4. The second-order valence-corrected chi connectivity index (χ2v) is 4.83. The van der Waals surface area contributed by atoms with Gasteiger partial charge in [-0.3, -0.25) is 0 Å². The Morgan fingerprint density at radius 1 is 1.11 bits per heavy atom. The summed E-state index contributed by atoms with van der Waals surface area (Å²) in [6.07, 6.45) is 0.488. The molecule has 0 saturated carbocycles. The molecule has 0 radical (unpaired) electrons. The van der Waals surface area contributed by atoms with E-state index in [2.05, 4.69) is 5.32 Å². The highest BCUT2D eigenvalue weighted by atomic mass is 19.1. The molecule has 5 heteroatoms. The average molecular weight is 259 g/mol. The first-order valence-electron chi connectivity index (χ1n) is 5.86. The molecule has 0 aromatic heterocycles. The third kappa shape index (κ3) is 4.68. The van der Waals surface area contributed by atoms with E-state index in [1.807, 2.05) is 0 Å². The molecule has 18 heavy (non-hydrogen) atoms. The summed E-state index contributed by atoms with van der Waals surface area (Å²) in [4.78, 5) is 0. The van der Waals surface area contributed by atoms with Gasteiger partial charge in [0.05, 0.1) is 13.2 Å². The van der Waals surface area contributed by atoms with Crippen LogP contribution in [0.2, 0.25) is 0 Å². The number of benzene rings is 1. The molecule has 102 valence electrons. The lowest BCUT2D eigenvalue weighted by atomic mass is 9.93. The van der Waals surface area contributed by atoms with E-state index in [1.54, 1.807) is 6.92 Å². The van der Waals surface area contributed by atoms with Crippen LogP contribution in [0.25, 0.3) is 0 Å². The molecule has 0 unspecified atom stereocenters. The Hall–Kier alpha value is -1.04. The molecule has 1 aromatic carbocycles. The number of aliphatic hydroxyl groups excluding tert-OH is 2. The first-order valence-corrected chi connectivity index (χ1v) is 5.86. The summed E-state index contributed by atoms with van der Waals surface area (Å²) in [7, 11) is 0. The fourth-order valence-corrected chi connectivity index (χ4v) is 1.54. The van der Waals surface area contributed by atoms with E-state index >= 15 is 0 Å². The molecule has 1 rings (SSSR count). The van der Waals surface area contributed by atoms with Gasteiger partial charge in [-0.1, -0.05) is 6.92 Å². The fourth-order valence-electron chi connectivity index (χ4n) is 1.54. The summed E-state index contributed by atoms with van der Waals surface area (Å²) >= 11 is 0. The molecular formula is C13H19F2NO2. The molecule has 0 heterocycles. The Morgan fingerprint density at radius 3 is 2.17 bits per heavy atom. The minimum absolute atomic E-state index is 0.120. The van der Waals surface area contributed by atoms with Crippen LogP contribution >= 0.6 is 0 Å². The van der Waals surface area contributed by atoms with Crippen LogP contribution in [0.4, 0.5) is 8.78 Å². The first-order chi connectivity index (χ1) is 8.49. The maximum absolute atomic E-state index is 12.9.